The quantitative estimate of drug-likeness (QED) is 0.360. The molecule has 1 atom stereocenters. The lowest BCUT2D eigenvalue weighted by molar-refractivity contribution is -0.138. The van der Waals surface area contributed by atoms with Crippen LogP contribution in [0.15, 0.2) is 77.7 Å². The normalized spacial score (nSPS) is 15.6. The number of carbonyl (C=O) groups is 2. The van der Waals surface area contributed by atoms with Gasteiger partial charge in [-0.2, -0.15) is 4.31 Å². The van der Waals surface area contributed by atoms with Gasteiger partial charge in [0.25, 0.3) is 0 Å². The highest BCUT2D eigenvalue weighted by atomic mass is 35.5. The van der Waals surface area contributed by atoms with E-state index in [0.717, 1.165) is 0 Å². The number of sulfonamides is 1. The van der Waals surface area contributed by atoms with E-state index in [4.69, 9.17) is 15.6 Å². The Morgan fingerprint density at radius 3 is 2.29 bits per heavy atom. The molecule has 1 saturated heterocycles. The van der Waals surface area contributed by atoms with Crippen LogP contribution in [0.25, 0.3) is 0 Å². The third-order valence-electron chi connectivity index (χ3n) is 6.35. The second-order valence-electron chi connectivity index (χ2n) is 8.97. The van der Waals surface area contributed by atoms with Gasteiger partial charge in [-0.15, -0.1) is 12.4 Å². The van der Waals surface area contributed by atoms with E-state index in [-0.39, 0.29) is 42.6 Å². The molecule has 1 aliphatic rings. The van der Waals surface area contributed by atoms with Crippen molar-refractivity contribution in [3.05, 3.63) is 95.3 Å². The van der Waals surface area contributed by atoms with E-state index in [0.29, 0.717) is 28.9 Å². The summed E-state index contributed by atoms with van der Waals surface area (Å²) in [5, 5.41) is 9.06. The fraction of sp³-hybridized carbons (Fsp3) is 0.259. The minimum atomic E-state index is -3.94. The summed E-state index contributed by atoms with van der Waals surface area (Å²) < 4.78 is 47.9. The minimum absolute atomic E-state index is 0. The highest BCUT2D eigenvalue weighted by molar-refractivity contribution is 7.89. The molecule has 8 nitrogen and oxygen atoms in total. The molecule has 3 aromatic rings. The van der Waals surface area contributed by atoms with Crippen molar-refractivity contribution in [2.45, 2.75) is 36.3 Å². The zero-order chi connectivity index (χ0) is 26.8. The first-order valence-corrected chi connectivity index (χ1v) is 13.1. The van der Waals surface area contributed by atoms with E-state index in [2.05, 4.69) is 0 Å². The first-order chi connectivity index (χ1) is 17.5. The summed E-state index contributed by atoms with van der Waals surface area (Å²) in [5.74, 6) is -1.17. The summed E-state index contributed by atoms with van der Waals surface area (Å²) in [7, 11) is -3.94. The van der Waals surface area contributed by atoms with E-state index >= 15 is 0 Å². The summed E-state index contributed by atoms with van der Waals surface area (Å²) in [4.78, 5) is 23.0. The van der Waals surface area contributed by atoms with Crippen molar-refractivity contribution in [1.82, 2.24) is 4.31 Å². The molecule has 0 unspecified atom stereocenters. The van der Waals surface area contributed by atoms with Crippen molar-refractivity contribution in [3.8, 4) is 5.75 Å². The SMILES string of the molecule is CCC(=O)c1ccc(OC2(c3ccc(F)cc3)CN(S(=O)(=O)c3cccc(C[C@H](N)C(=O)O)c3)C2)cc1.Cl. The van der Waals surface area contributed by atoms with E-state index in [9.17, 15) is 22.4 Å². The Bertz CT molecular complexity index is 1410. The third-order valence-corrected chi connectivity index (χ3v) is 8.14. The van der Waals surface area contributed by atoms with Gasteiger partial charge < -0.3 is 15.6 Å². The number of ether oxygens (including phenoxy) is 1. The van der Waals surface area contributed by atoms with E-state index < -0.39 is 33.5 Å². The van der Waals surface area contributed by atoms with Crippen LogP contribution in [0, 0.1) is 5.82 Å². The molecule has 1 heterocycles. The van der Waals surface area contributed by atoms with Crippen LogP contribution in [0.2, 0.25) is 0 Å². The Morgan fingerprint density at radius 1 is 1.08 bits per heavy atom. The maximum absolute atomic E-state index is 13.6. The molecule has 1 fully saturated rings. The van der Waals surface area contributed by atoms with Gasteiger partial charge in [0.1, 0.15) is 17.6 Å². The van der Waals surface area contributed by atoms with Crippen LogP contribution < -0.4 is 10.5 Å². The van der Waals surface area contributed by atoms with Crippen molar-refractivity contribution < 1.29 is 32.2 Å². The number of ketones is 1. The molecule has 0 radical (unpaired) electrons. The second-order valence-corrected chi connectivity index (χ2v) is 10.9. The van der Waals surface area contributed by atoms with Gasteiger partial charge >= 0.3 is 5.97 Å². The van der Waals surface area contributed by atoms with Crippen molar-refractivity contribution in [1.29, 1.82) is 0 Å². The van der Waals surface area contributed by atoms with Gasteiger partial charge in [-0.05, 0) is 66.1 Å². The standard InChI is InChI=1S/C27H27FN2O6S.ClH/c1-2-25(31)19-6-12-22(13-7-19)36-27(20-8-10-21(28)11-9-20)16-30(17-27)37(34,35)23-5-3-4-18(14-23)15-24(29)26(32)33;/h3-14,24H,2,15-17,29H2,1H3,(H,32,33);1H/t24-;/m0./s1. The van der Waals surface area contributed by atoms with Crippen LogP contribution in [0.4, 0.5) is 4.39 Å². The maximum atomic E-state index is 13.6. The van der Waals surface area contributed by atoms with Gasteiger partial charge in [-0.3, -0.25) is 9.59 Å². The van der Waals surface area contributed by atoms with Gasteiger partial charge in [0.2, 0.25) is 10.0 Å². The van der Waals surface area contributed by atoms with Gasteiger partial charge in [0.05, 0.1) is 18.0 Å². The topological polar surface area (TPSA) is 127 Å². The number of nitrogens with two attached hydrogens (primary N) is 1. The Kier molecular flexibility index (Phi) is 8.94. The minimum Gasteiger partial charge on any atom is -0.480 e. The molecule has 0 amide bonds. The fourth-order valence-electron chi connectivity index (χ4n) is 4.21. The zero-order valence-corrected chi connectivity index (χ0v) is 22.2. The Hall–Kier alpha value is -3.31. The van der Waals surface area contributed by atoms with Crippen LogP contribution in [-0.2, 0) is 26.8 Å². The highest BCUT2D eigenvalue weighted by Gasteiger charge is 2.52. The number of carboxylic acids is 1. The smallest absolute Gasteiger partial charge is 0.320 e. The summed E-state index contributed by atoms with van der Waals surface area (Å²) in [6, 6.07) is 17.2. The van der Waals surface area contributed by atoms with E-state index in [1.165, 1.54) is 28.6 Å². The summed E-state index contributed by atoms with van der Waals surface area (Å²) >= 11 is 0. The average Bonchev–Trinajstić information content (AvgIpc) is 2.86. The monoisotopic (exact) mass is 562 g/mol. The number of aliphatic carboxylic acids is 1. The highest BCUT2D eigenvalue weighted by Crippen LogP contribution is 2.40. The lowest BCUT2D eigenvalue weighted by atomic mass is 9.87. The Labute approximate surface area is 226 Å². The van der Waals surface area contributed by atoms with Crippen molar-refractivity contribution >= 4 is 34.2 Å². The van der Waals surface area contributed by atoms with Crippen LogP contribution in [0.3, 0.4) is 0 Å². The molecule has 1 aliphatic heterocycles. The Balaban J connectivity index is 0.00000400. The van der Waals surface area contributed by atoms with Crippen LogP contribution in [0.1, 0.15) is 34.8 Å². The number of rotatable bonds is 10. The number of hydrogen-bond donors (Lipinski definition) is 2. The number of carboxylic acid groups (broad SMARTS) is 1. The van der Waals surface area contributed by atoms with Crippen LogP contribution in [-0.4, -0.2) is 48.7 Å². The molecular formula is C27H28ClFN2O6S. The third kappa shape index (κ3) is 6.05. The summed E-state index contributed by atoms with van der Waals surface area (Å²) in [6.07, 6.45) is 0.355. The lowest BCUT2D eigenvalue weighted by Gasteiger charge is -2.48. The molecule has 3 N–H and O–H groups in total. The van der Waals surface area contributed by atoms with Gasteiger partial charge in [-0.1, -0.05) is 31.2 Å². The molecule has 0 bridgehead atoms. The fourth-order valence-corrected chi connectivity index (χ4v) is 5.82. The number of Topliss-reactive ketones (excluding diaryl/α,β-unsaturated/α-hetero) is 1. The molecule has 0 saturated carbocycles. The van der Waals surface area contributed by atoms with Gasteiger partial charge in [0.15, 0.2) is 11.4 Å². The van der Waals surface area contributed by atoms with Gasteiger partial charge in [-0.25, -0.2) is 12.8 Å². The zero-order valence-electron chi connectivity index (χ0n) is 20.5. The molecule has 0 aromatic heterocycles. The van der Waals surface area contributed by atoms with E-state index in [1.807, 2.05) is 0 Å². The lowest BCUT2D eigenvalue weighted by Crippen LogP contribution is -2.64. The first-order valence-electron chi connectivity index (χ1n) is 11.7. The van der Waals surface area contributed by atoms with Crippen LogP contribution >= 0.6 is 12.4 Å². The molecular weight excluding hydrogens is 535 g/mol. The number of carbonyl (C=O) groups excluding carboxylic acids is 1. The summed E-state index contributed by atoms with van der Waals surface area (Å²) in [5.41, 5.74) is 6.17. The van der Waals surface area contributed by atoms with Crippen molar-refractivity contribution in [2.24, 2.45) is 5.73 Å². The molecule has 0 spiro atoms. The number of nitrogens with zero attached hydrogens (tertiary/aromatic N) is 1. The maximum Gasteiger partial charge on any atom is 0.320 e. The number of benzene rings is 3. The predicted octanol–water partition coefficient (Wildman–Crippen LogP) is 3.77. The summed E-state index contributed by atoms with van der Waals surface area (Å²) in [6.45, 7) is 1.71. The Morgan fingerprint density at radius 2 is 1.71 bits per heavy atom. The molecule has 202 valence electrons. The number of hydrogen-bond acceptors (Lipinski definition) is 6. The molecule has 3 aromatic carbocycles. The second kappa shape index (κ2) is 11.6. The van der Waals surface area contributed by atoms with Gasteiger partial charge in [0, 0.05) is 12.0 Å². The van der Waals surface area contributed by atoms with Crippen molar-refractivity contribution in [3.63, 3.8) is 0 Å². The molecule has 11 heteroatoms. The van der Waals surface area contributed by atoms with Crippen LogP contribution in [0.5, 0.6) is 5.75 Å². The largest absolute Gasteiger partial charge is 0.480 e. The van der Waals surface area contributed by atoms with E-state index in [1.54, 1.807) is 55.5 Å². The first kappa shape index (κ1) is 29.2. The molecule has 0 aliphatic carbocycles. The van der Waals surface area contributed by atoms with Crippen molar-refractivity contribution in [2.75, 3.05) is 13.1 Å². The predicted molar refractivity (Wildman–Crippen MR) is 142 cm³/mol. The number of halogens is 2. The average molecular weight is 563 g/mol. The molecule has 38 heavy (non-hydrogen) atoms. The molecule has 4 rings (SSSR count).